The zero-order valence-corrected chi connectivity index (χ0v) is 14.8. The molecule has 0 aromatic heterocycles. The van der Waals surface area contributed by atoms with E-state index in [9.17, 15) is 4.79 Å². The molecule has 0 bridgehead atoms. The number of rotatable bonds is 7. The Bertz CT molecular complexity index is 570. The van der Waals surface area contributed by atoms with Crippen LogP contribution in [0, 0.1) is 0 Å². The van der Waals surface area contributed by atoms with Gasteiger partial charge in [0.25, 0.3) is 0 Å². The molecule has 0 aliphatic carbocycles. The van der Waals surface area contributed by atoms with Crippen LogP contribution in [0.4, 0.5) is 0 Å². The molecule has 0 spiro atoms. The number of nitrogens with zero attached hydrogens (tertiary/aromatic N) is 1. The number of hydrogen-bond acceptors (Lipinski definition) is 4. The molecule has 1 aromatic rings. The molecular formula is C19H27NO4. The standard InChI is InChI=1S/C19H27NO4/c1-4-5-11-24-17-8-6-16(13-18(17)22-3)7-9-19(21)20-10-12-23-15(2)14-20/h6-9,13,15H,4-5,10-12,14H2,1-3H3/b9-7+. The van der Waals surface area contributed by atoms with E-state index in [-0.39, 0.29) is 12.0 Å². The Hall–Kier alpha value is -2.01. The lowest BCUT2D eigenvalue weighted by Gasteiger charge is -2.30. The Labute approximate surface area is 144 Å². The third-order valence-corrected chi connectivity index (χ3v) is 3.91. The van der Waals surface area contributed by atoms with Crippen molar-refractivity contribution in [2.24, 2.45) is 0 Å². The van der Waals surface area contributed by atoms with E-state index in [0.29, 0.717) is 32.1 Å². The number of amides is 1. The number of benzene rings is 1. The van der Waals surface area contributed by atoms with E-state index < -0.39 is 0 Å². The predicted molar refractivity (Wildman–Crippen MR) is 94.4 cm³/mol. The highest BCUT2D eigenvalue weighted by atomic mass is 16.5. The van der Waals surface area contributed by atoms with Crippen molar-refractivity contribution in [3.8, 4) is 11.5 Å². The minimum absolute atomic E-state index is 0.00684. The summed E-state index contributed by atoms with van der Waals surface area (Å²) in [5, 5.41) is 0. The quantitative estimate of drug-likeness (QED) is 0.568. The highest BCUT2D eigenvalue weighted by Gasteiger charge is 2.19. The summed E-state index contributed by atoms with van der Waals surface area (Å²) in [4.78, 5) is 14.1. The van der Waals surface area contributed by atoms with Gasteiger partial charge in [-0.15, -0.1) is 0 Å². The maximum Gasteiger partial charge on any atom is 0.246 e. The molecule has 1 fully saturated rings. The highest BCUT2D eigenvalue weighted by molar-refractivity contribution is 5.92. The first-order valence-electron chi connectivity index (χ1n) is 8.53. The molecule has 1 aliphatic rings. The van der Waals surface area contributed by atoms with Crippen molar-refractivity contribution in [3.05, 3.63) is 29.8 Å². The normalized spacial score (nSPS) is 18.0. The zero-order valence-electron chi connectivity index (χ0n) is 14.8. The fraction of sp³-hybridized carbons (Fsp3) is 0.526. The van der Waals surface area contributed by atoms with Crippen LogP contribution in [0.15, 0.2) is 24.3 Å². The molecule has 0 radical (unpaired) electrons. The van der Waals surface area contributed by atoms with Gasteiger partial charge in [-0.25, -0.2) is 0 Å². The molecule has 5 nitrogen and oxygen atoms in total. The van der Waals surface area contributed by atoms with Gasteiger partial charge in [0, 0.05) is 19.2 Å². The van der Waals surface area contributed by atoms with Crippen LogP contribution in [0.25, 0.3) is 6.08 Å². The van der Waals surface area contributed by atoms with Gasteiger partial charge >= 0.3 is 0 Å². The van der Waals surface area contributed by atoms with E-state index in [1.54, 1.807) is 19.3 Å². The van der Waals surface area contributed by atoms with Crippen LogP contribution in [-0.4, -0.2) is 50.3 Å². The van der Waals surface area contributed by atoms with Gasteiger partial charge in [-0.1, -0.05) is 19.4 Å². The summed E-state index contributed by atoms with van der Waals surface area (Å²) in [5.41, 5.74) is 0.907. The second kappa shape index (κ2) is 9.33. The fourth-order valence-electron chi connectivity index (χ4n) is 2.53. The van der Waals surface area contributed by atoms with Crippen LogP contribution >= 0.6 is 0 Å². The Morgan fingerprint density at radius 3 is 2.96 bits per heavy atom. The number of hydrogen-bond donors (Lipinski definition) is 0. The van der Waals surface area contributed by atoms with Crippen LogP contribution in [0.3, 0.4) is 0 Å². The van der Waals surface area contributed by atoms with Crippen molar-refractivity contribution in [2.45, 2.75) is 32.8 Å². The molecule has 0 saturated carbocycles. The summed E-state index contributed by atoms with van der Waals surface area (Å²) in [7, 11) is 1.62. The Morgan fingerprint density at radius 2 is 2.25 bits per heavy atom. The van der Waals surface area contributed by atoms with Crippen molar-refractivity contribution < 1.29 is 19.0 Å². The van der Waals surface area contributed by atoms with Crippen LogP contribution in [-0.2, 0) is 9.53 Å². The molecule has 1 unspecified atom stereocenters. The first kappa shape index (κ1) is 18.3. The third kappa shape index (κ3) is 5.27. The Kier molecular flexibility index (Phi) is 7.12. The predicted octanol–water partition coefficient (Wildman–Crippen LogP) is 3.13. The molecule has 5 heteroatoms. The van der Waals surface area contributed by atoms with Crippen molar-refractivity contribution in [1.29, 1.82) is 0 Å². The fourth-order valence-corrected chi connectivity index (χ4v) is 2.53. The summed E-state index contributed by atoms with van der Waals surface area (Å²) >= 11 is 0. The van der Waals surface area contributed by atoms with Gasteiger partial charge in [-0.05, 0) is 37.1 Å². The minimum Gasteiger partial charge on any atom is -0.493 e. The molecule has 1 saturated heterocycles. The van der Waals surface area contributed by atoms with Gasteiger partial charge in [0.2, 0.25) is 5.91 Å². The first-order chi connectivity index (χ1) is 11.6. The number of unbranched alkanes of at least 4 members (excludes halogenated alkanes) is 1. The van der Waals surface area contributed by atoms with Gasteiger partial charge < -0.3 is 19.1 Å². The Morgan fingerprint density at radius 1 is 1.42 bits per heavy atom. The lowest BCUT2D eigenvalue weighted by atomic mass is 10.1. The first-order valence-corrected chi connectivity index (χ1v) is 8.53. The number of carbonyl (C=O) groups is 1. The number of ether oxygens (including phenoxy) is 3. The SMILES string of the molecule is CCCCOc1ccc(/C=C/C(=O)N2CCOC(C)C2)cc1OC. The van der Waals surface area contributed by atoms with E-state index >= 15 is 0 Å². The van der Waals surface area contributed by atoms with E-state index in [0.717, 1.165) is 24.2 Å². The summed E-state index contributed by atoms with van der Waals surface area (Å²) in [6.45, 7) is 6.65. The number of methoxy groups -OCH3 is 1. The van der Waals surface area contributed by atoms with Gasteiger partial charge in [-0.3, -0.25) is 4.79 Å². The molecule has 1 atom stereocenters. The molecule has 1 aromatic carbocycles. The zero-order chi connectivity index (χ0) is 17.4. The van der Waals surface area contributed by atoms with Crippen molar-refractivity contribution in [2.75, 3.05) is 33.4 Å². The lowest BCUT2D eigenvalue weighted by Crippen LogP contribution is -2.43. The minimum atomic E-state index is 0.00684. The second-order valence-corrected chi connectivity index (χ2v) is 5.91. The topological polar surface area (TPSA) is 48.0 Å². The van der Waals surface area contributed by atoms with Crippen molar-refractivity contribution in [3.63, 3.8) is 0 Å². The molecule has 24 heavy (non-hydrogen) atoms. The van der Waals surface area contributed by atoms with Gasteiger partial charge in [0.1, 0.15) is 0 Å². The van der Waals surface area contributed by atoms with E-state index in [2.05, 4.69) is 6.92 Å². The van der Waals surface area contributed by atoms with Crippen LogP contribution in [0.5, 0.6) is 11.5 Å². The van der Waals surface area contributed by atoms with Crippen LogP contribution in [0.1, 0.15) is 32.3 Å². The summed E-state index contributed by atoms with van der Waals surface area (Å²) < 4.78 is 16.6. The summed E-state index contributed by atoms with van der Waals surface area (Å²) in [6.07, 6.45) is 5.60. The van der Waals surface area contributed by atoms with Crippen LogP contribution < -0.4 is 9.47 Å². The monoisotopic (exact) mass is 333 g/mol. The maximum absolute atomic E-state index is 12.2. The number of morpholine rings is 1. The number of carbonyl (C=O) groups excluding carboxylic acids is 1. The smallest absolute Gasteiger partial charge is 0.246 e. The van der Waals surface area contributed by atoms with E-state index in [1.165, 1.54) is 0 Å². The maximum atomic E-state index is 12.2. The molecule has 1 amide bonds. The third-order valence-electron chi connectivity index (χ3n) is 3.91. The largest absolute Gasteiger partial charge is 0.493 e. The molecule has 2 rings (SSSR count). The average molecular weight is 333 g/mol. The molecule has 1 aliphatic heterocycles. The van der Waals surface area contributed by atoms with Crippen molar-refractivity contribution in [1.82, 2.24) is 4.90 Å². The Balaban J connectivity index is 1.99. The lowest BCUT2D eigenvalue weighted by molar-refractivity contribution is -0.132. The summed E-state index contributed by atoms with van der Waals surface area (Å²) in [6, 6.07) is 5.69. The average Bonchev–Trinajstić information content (AvgIpc) is 2.60. The highest BCUT2D eigenvalue weighted by Crippen LogP contribution is 2.28. The second-order valence-electron chi connectivity index (χ2n) is 5.91. The summed E-state index contributed by atoms with van der Waals surface area (Å²) in [5.74, 6) is 1.42. The van der Waals surface area contributed by atoms with Crippen LogP contribution in [0.2, 0.25) is 0 Å². The molecular weight excluding hydrogens is 306 g/mol. The van der Waals surface area contributed by atoms with E-state index in [4.69, 9.17) is 14.2 Å². The molecule has 1 heterocycles. The van der Waals surface area contributed by atoms with E-state index in [1.807, 2.05) is 30.0 Å². The molecule has 0 N–H and O–H groups in total. The van der Waals surface area contributed by atoms with Gasteiger partial charge in [0.05, 0.1) is 26.4 Å². The van der Waals surface area contributed by atoms with Gasteiger partial charge in [0.15, 0.2) is 11.5 Å². The van der Waals surface area contributed by atoms with Crippen molar-refractivity contribution >= 4 is 12.0 Å². The molecule has 132 valence electrons. The van der Waals surface area contributed by atoms with Gasteiger partial charge in [-0.2, -0.15) is 0 Å².